The second-order valence-electron chi connectivity index (χ2n) is 3.78. The van der Waals surface area contributed by atoms with Crippen LogP contribution in [-0.2, 0) is 0 Å². The van der Waals surface area contributed by atoms with Gasteiger partial charge in [-0.25, -0.2) is 13.6 Å². The molecular formula is C11H12F2O2S. The van der Waals surface area contributed by atoms with Gasteiger partial charge in [0.05, 0.1) is 10.5 Å². The Morgan fingerprint density at radius 2 is 1.88 bits per heavy atom. The molecular weight excluding hydrogens is 234 g/mol. The third kappa shape index (κ3) is 3.20. The standard InChI is InChI=1S/C11H12F2O2S/c1-6(2)5-16-10-8(12)3-7(11(14)15)4-9(10)13/h3-4,6H,5H2,1-2H3,(H,14,15). The highest BCUT2D eigenvalue weighted by molar-refractivity contribution is 7.99. The molecule has 0 atom stereocenters. The second kappa shape index (κ2) is 5.30. The number of carbonyl (C=O) groups is 1. The van der Waals surface area contributed by atoms with Crippen LogP contribution in [0.3, 0.4) is 0 Å². The monoisotopic (exact) mass is 246 g/mol. The van der Waals surface area contributed by atoms with Crippen LogP contribution < -0.4 is 0 Å². The summed E-state index contributed by atoms with van der Waals surface area (Å²) in [5.41, 5.74) is -0.371. The van der Waals surface area contributed by atoms with E-state index in [1.54, 1.807) is 0 Å². The zero-order valence-corrected chi connectivity index (χ0v) is 9.78. The first-order valence-electron chi connectivity index (χ1n) is 4.77. The van der Waals surface area contributed by atoms with Gasteiger partial charge in [0, 0.05) is 5.75 Å². The molecule has 0 saturated carbocycles. The van der Waals surface area contributed by atoms with Crippen LogP contribution in [0, 0.1) is 17.6 Å². The van der Waals surface area contributed by atoms with Crippen molar-refractivity contribution in [2.45, 2.75) is 18.7 Å². The number of aromatic carboxylic acids is 1. The highest BCUT2D eigenvalue weighted by Gasteiger charge is 2.15. The van der Waals surface area contributed by atoms with Crippen LogP contribution >= 0.6 is 11.8 Å². The molecule has 0 saturated heterocycles. The maximum atomic E-state index is 13.4. The molecule has 0 aliphatic carbocycles. The van der Waals surface area contributed by atoms with Crippen LogP contribution in [-0.4, -0.2) is 16.8 Å². The van der Waals surface area contributed by atoms with E-state index in [-0.39, 0.29) is 10.5 Å². The summed E-state index contributed by atoms with van der Waals surface area (Å²) < 4.78 is 26.8. The summed E-state index contributed by atoms with van der Waals surface area (Å²) in [4.78, 5) is 10.4. The molecule has 0 spiro atoms. The fourth-order valence-corrected chi connectivity index (χ4v) is 1.96. The lowest BCUT2D eigenvalue weighted by Crippen LogP contribution is -2.01. The fourth-order valence-electron chi connectivity index (χ4n) is 1.07. The van der Waals surface area contributed by atoms with Crippen molar-refractivity contribution in [3.8, 4) is 0 Å². The SMILES string of the molecule is CC(C)CSc1c(F)cc(C(=O)O)cc1F. The number of hydrogen-bond acceptors (Lipinski definition) is 2. The fraction of sp³-hybridized carbons (Fsp3) is 0.364. The number of carboxylic acids is 1. The van der Waals surface area contributed by atoms with Crippen molar-refractivity contribution < 1.29 is 18.7 Å². The predicted octanol–water partition coefficient (Wildman–Crippen LogP) is 3.41. The quantitative estimate of drug-likeness (QED) is 0.827. The van der Waals surface area contributed by atoms with Crippen LogP contribution in [0.15, 0.2) is 17.0 Å². The van der Waals surface area contributed by atoms with E-state index in [4.69, 9.17) is 5.11 Å². The lowest BCUT2D eigenvalue weighted by molar-refractivity contribution is 0.0695. The van der Waals surface area contributed by atoms with E-state index in [0.29, 0.717) is 11.7 Å². The van der Waals surface area contributed by atoms with Gasteiger partial charge >= 0.3 is 5.97 Å². The summed E-state index contributed by atoms with van der Waals surface area (Å²) in [5, 5.41) is 8.60. The van der Waals surface area contributed by atoms with Crippen LogP contribution in [0.4, 0.5) is 8.78 Å². The molecule has 0 radical (unpaired) electrons. The normalized spacial score (nSPS) is 10.8. The van der Waals surface area contributed by atoms with E-state index in [0.717, 1.165) is 23.9 Å². The first kappa shape index (κ1) is 13.0. The maximum absolute atomic E-state index is 13.4. The van der Waals surface area contributed by atoms with E-state index in [2.05, 4.69) is 0 Å². The Balaban J connectivity index is 2.98. The lowest BCUT2D eigenvalue weighted by atomic mass is 10.2. The van der Waals surface area contributed by atoms with E-state index < -0.39 is 17.6 Å². The van der Waals surface area contributed by atoms with Crippen LogP contribution in [0.5, 0.6) is 0 Å². The number of halogens is 2. The number of thioether (sulfide) groups is 1. The van der Waals surface area contributed by atoms with E-state index in [1.165, 1.54) is 0 Å². The molecule has 0 aromatic heterocycles. The van der Waals surface area contributed by atoms with Gasteiger partial charge in [-0.15, -0.1) is 11.8 Å². The molecule has 0 unspecified atom stereocenters. The summed E-state index contributed by atoms with van der Waals surface area (Å²) in [6.45, 7) is 3.88. The summed E-state index contributed by atoms with van der Waals surface area (Å²) in [7, 11) is 0. The first-order chi connectivity index (χ1) is 7.41. The molecule has 16 heavy (non-hydrogen) atoms. The van der Waals surface area contributed by atoms with Crippen molar-refractivity contribution in [2.75, 3.05) is 5.75 Å². The maximum Gasteiger partial charge on any atom is 0.335 e. The molecule has 5 heteroatoms. The minimum Gasteiger partial charge on any atom is -0.478 e. The Morgan fingerprint density at radius 1 is 1.38 bits per heavy atom. The van der Waals surface area contributed by atoms with Gasteiger partial charge in [0.15, 0.2) is 0 Å². The van der Waals surface area contributed by atoms with Crippen molar-refractivity contribution in [1.82, 2.24) is 0 Å². The molecule has 1 N–H and O–H groups in total. The Hall–Kier alpha value is -1.10. The average molecular weight is 246 g/mol. The molecule has 1 aromatic carbocycles. The summed E-state index contributed by atoms with van der Waals surface area (Å²) in [6, 6.07) is 1.68. The van der Waals surface area contributed by atoms with E-state index in [9.17, 15) is 13.6 Å². The number of rotatable bonds is 4. The summed E-state index contributed by atoms with van der Waals surface area (Å²) >= 11 is 1.06. The van der Waals surface area contributed by atoms with Crippen LogP contribution in [0.2, 0.25) is 0 Å². The molecule has 2 nitrogen and oxygen atoms in total. The van der Waals surface area contributed by atoms with Crippen molar-refractivity contribution in [3.05, 3.63) is 29.3 Å². The second-order valence-corrected chi connectivity index (χ2v) is 4.81. The molecule has 0 bridgehead atoms. The Kier molecular flexibility index (Phi) is 4.29. The average Bonchev–Trinajstić information content (AvgIpc) is 2.15. The van der Waals surface area contributed by atoms with Gasteiger partial charge in [-0.1, -0.05) is 13.8 Å². The first-order valence-corrected chi connectivity index (χ1v) is 5.75. The van der Waals surface area contributed by atoms with Crippen molar-refractivity contribution in [1.29, 1.82) is 0 Å². The minimum absolute atomic E-state index is 0.112. The predicted molar refractivity (Wildman–Crippen MR) is 58.9 cm³/mol. The smallest absolute Gasteiger partial charge is 0.335 e. The number of benzene rings is 1. The van der Waals surface area contributed by atoms with Crippen LogP contribution in [0.25, 0.3) is 0 Å². The molecule has 0 heterocycles. The van der Waals surface area contributed by atoms with Gasteiger partial charge in [0.25, 0.3) is 0 Å². The van der Waals surface area contributed by atoms with E-state index >= 15 is 0 Å². The summed E-state index contributed by atoms with van der Waals surface area (Å²) in [6.07, 6.45) is 0. The van der Waals surface area contributed by atoms with Gasteiger partial charge in [-0.05, 0) is 18.1 Å². The third-order valence-electron chi connectivity index (χ3n) is 1.81. The Labute approximate surface area is 96.7 Å². The van der Waals surface area contributed by atoms with Crippen LogP contribution in [0.1, 0.15) is 24.2 Å². The topological polar surface area (TPSA) is 37.3 Å². The molecule has 0 aliphatic heterocycles. The molecule has 1 aromatic rings. The minimum atomic E-state index is -1.33. The highest BCUT2D eigenvalue weighted by Crippen LogP contribution is 2.27. The molecule has 1 rings (SSSR count). The van der Waals surface area contributed by atoms with Crippen molar-refractivity contribution in [3.63, 3.8) is 0 Å². The number of carboxylic acid groups (broad SMARTS) is 1. The Morgan fingerprint density at radius 3 is 2.25 bits per heavy atom. The lowest BCUT2D eigenvalue weighted by Gasteiger charge is -2.07. The largest absolute Gasteiger partial charge is 0.478 e. The van der Waals surface area contributed by atoms with Gasteiger partial charge < -0.3 is 5.11 Å². The highest BCUT2D eigenvalue weighted by atomic mass is 32.2. The molecule has 88 valence electrons. The molecule has 0 fully saturated rings. The van der Waals surface area contributed by atoms with Gasteiger partial charge in [0.1, 0.15) is 11.6 Å². The van der Waals surface area contributed by atoms with Crippen molar-refractivity contribution >= 4 is 17.7 Å². The Bertz CT molecular complexity index is 382. The van der Waals surface area contributed by atoms with Gasteiger partial charge in [0.2, 0.25) is 0 Å². The van der Waals surface area contributed by atoms with Gasteiger partial charge in [-0.3, -0.25) is 0 Å². The van der Waals surface area contributed by atoms with E-state index in [1.807, 2.05) is 13.8 Å². The van der Waals surface area contributed by atoms with Crippen molar-refractivity contribution in [2.24, 2.45) is 5.92 Å². The van der Waals surface area contributed by atoms with Gasteiger partial charge in [-0.2, -0.15) is 0 Å². The number of hydrogen-bond donors (Lipinski definition) is 1. The molecule has 0 amide bonds. The zero-order valence-electron chi connectivity index (χ0n) is 8.96. The zero-order chi connectivity index (χ0) is 12.3. The molecule has 0 aliphatic rings. The summed E-state index contributed by atoms with van der Waals surface area (Å²) in [5.74, 6) is -2.08. The third-order valence-corrected chi connectivity index (χ3v) is 3.32.